The van der Waals surface area contributed by atoms with Crippen LogP contribution in [0, 0.1) is 0 Å². The van der Waals surface area contributed by atoms with E-state index >= 15 is 0 Å². The van der Waals surface area contributed by atoms with E-state index in [4.69, 9.17) is 4.74 Å². The fraction of sp³-hybridized carbons (Fsp3) is 0.524. The zero-order chi connectivity index (χ0) is 19.0. The van der Waals surface area contributed by atoms with Gasteiger partial charge in [0.25, 0.3) is 5.91 Å². The average Bonchev–Trinajstić information content (AvgIpc) is 3.26. The molecule has 1 aromatic heterocycles. The van der Waals surface area contributed by atoms with Gasteiger partial charge in [0.2, 0.25) is 0 Å². The summed E-state index contributed by atoms with van der Waals surface area (Å²) in [4.78, 5) is 32.1. The molecular weight excluding hydrogens is 342 g/mol. The zero-order valence-electron chi connectivity index (χ0n) is 16.0. The second kappa shape index (κ2) is 6.91. The van der Waals surface area contributed by atoms with E-state index in [1.54, 1.807) is 0 Å². The number of rotatable bonds is 4. The molecule has 27 heavy (non-hydrogen) atoms. The predicted molar refractivity (Wildman–Crippen MR) is 104 cm³/mol. The standard InChI is InChI=1S/C21H27N3O3/c1-3-4-15(2)24-14-21(27-20(24)26)8-11-23(12-9-21)19(25)17-6-5-16-7-10-22-18(16)13-17/h5-7,10,13,15,22H,3-4,8-9,11-12,14H2,1-2H3/t15-/m1/s1. The summed E-state index contributed by atoms with van der Waals surface area (Å²) in [5, 5.41) is 1.10. The van der Waals surface area contributed by atoms with E-state index < -0.39 is 5.60 Å². The fourth-order valence-corrected chi connectivity index (χ4v) is 4.30. The summed E-state index contributed by atoms with van der Waals surface area (Å²) in [5.41, 5.74) is 1.24. The maximum absolute atomic E-state index is 12.9. The van der Waals surface area contributed by atoms with Gasteiger partial charge in [-0.3, -0.25) is 4.79 Å². The summed E-state index contributed by atoms with van der Waals surface area (Å²) in [6, 6.07) is 7.96. The van der Waals surface area contributed by atoms with Crippen LogP contribution < -0.4 is 0 Å². The molecule has 1 atom stereocenters. The van der Waals surface area contributed by atoms with Crippen LogP contribution in [-0.4, -0.2) is 58.1 Å². The third-order valence-electron chi connectivity index (χ3n) is 6.00. The number of amides is 2. The van der Waals surface area contributed by atoms with Crippen molar-refractivity contribution in [3.63, 3.8) is 0 Å². The van der Waals surface area contributed by atoms with Crippen molar-refractivity contribution in [2.45, 2.75) is 51.2 Å². The first-order valence-electron chi connectivity index (χ1n) is 9.87. The number of hydrogen-bond donors (Lipinski definition) is 1. The minimum Gasteiger partial charge on any atom is -0.441 e. The van der Waals surface area contributed by atoms with Crippen LogP contribution >= 0.6 is 0 Å². The first-order chi connectivity index (χ1) is 13.0. The number of nitrogens with one attached hydrogen (secondary N) is 1. The Morgan fingerprint density at radius 3 is 2.81 bits per heavy atom. The largest absolute Gasteiger partial charge is 0.441 e. The Labute approximate surface area is 159 Å². The molecule has 1 aromatic carbocycles. The number of carbonyl (C=O) groups is 2. The lowest BCUT2D eigenvalue weighted by molar-refractivity contribution is 0.00307. The van der Waals surface area contributed by atoms with E-state index in [1.165, 1.54) is 0 Å². The molecule has 0 bridgehead atoms. The number of aromatic amines is 1. The molecule has 0 unspecified atom stereocenters. The molecule has 3 heterocycles. The molecule has 6 heteroatoms. The van der Waals surface area contributed by atoms with Crippen molar-refractivity contribution in [1.82, 2.24) is 14.8 Å². The lowest BCUT2D eigenvalue weighted by Crippen LogP contribution is -2.49. The van der Waals surface area contributed by atoms with E-state index in [1.807, 2.05) is 40.3 Å². The molecule has 0 radical (unpaired) electrons. The molecule has 0 aliphatic carbocycles. The summed E-state index contributed by atoms with van der Waals surface area (Å²) in [7, 11) is 0. The van der Waals surface area contributed by atoms with Crippen molar-refractivity contribution < 1.29 is 14.3 Å². The van der Waals surface area contributed by atoms with Crippen LogP contribution in [0.5, 0.6) is 0 Å². The van der Waals surface area contributed by atoms with Crippen LogP contribution in [-0.2, 0) is 4.74 Å². The number of carbonyl (C=O) groups excluding carboxylic acids is 2. The van der Waals surface area contributed by atoms with Crippen molar-refractivity contribution in [2.24, 2.45) is 0 Å². The van der Waals surface area contributed by atoms with Crippen molar-refractivity contribution in [2.75, 3.05) is 19.6 Å². The minimum atomic E-state index is -0.431. The Morgan fingerprint density at radius 2 is 2.07 bits per heavy atom. The van der Waals surface area contributed by atoms with Crippen LogP contribution in [0.2, 0.25) is 0 Å². The molecule has 144 valence electrons. The van der Waals surface area contributed by atoms with E-state index in [2.05, 4.69) is 18.8 Å². The van der Waals surface area contributed by atoms with Gasteiger partial charge >= 0.3 is 6.09 Å². The molecule has 1 spiro atoms. The zero-order valence-corrected chi connectivity index (χ0v) is 16.0. The maximum Gasteiger partial charge on any atom is 0.410 e. The predicted octanol–water partition coefficient (Wildman–Crippen LogP) is 3.78. The summed E-state index contributed by atoms with van der Waals surface area (Å²) in [6.45, 7) is 6.08. The quantitative estimate of drug-likeness (QED) is 0.892. The first kappa shape index (κ1) is 17.9. The number of H-pyrrole nitrogens is 1. The minimum absolute atomic E-state index is 0.0434. The molecule has 1 N–H and O–H groups in total. The summed E-state index contributed by atoms with van der Waals surface area (Å²) >= 11 is 0. The van der Waals surface area contributed by atoms with E-state index in [0.29, 0.717) is 38.0 Å². The summed E-state index contributed by atoms with van der Waals surface area (Å²) < 4.78 is 5.79. The highest BCUT2D eigenvalue weighted by Crippen LogP contribution is 2.35. The van der Waals surface area contributed by atoms with Gasteiger partial charge < -0.3 is 19.5 Å². The van der Waals surface area contributed by atoms with Crippen molar-refractivity contribution in [3.05, 3.63) is 36.0 Å². The molecule has 2 aliphatic rings. The Bertz CT molecular complexity index is 851. The second-order valence-corrected chi connectivity index (χ2v) is 7.89. The second-order valence-electron chi connectivity index (χ2n) is 7.89. The van der Waals surface area contributed by atoms with E-state index in [9.17, 15) is 9.59 Å². The number of hydrogen-bond acceptors (Lipinski definition) is 3. The molecule has 2 saturated heterocycles. The van der Waals surface area contributed by atoms with Crippen LogP contribution in [0.15, 0.2) is 30.5 Å². The SMILES string of the molecule is CCC[C@@H](C)N1CC2(CCN(C(=O)c3ccc4cc[nH]c4c3)CC2)OC1=O. The molecule has 2 amide bonds. The number of piperidine rings is 1. The Hall–Kier alpha value is -2.50. The fourth-order valence-electron chi connectivity index (χ4n) is 4.30. The molecule has 0 saturated carbocycles. The Balaban J connectivity index is 1.41. The van der Waals surface area contributed by atoms with Gasteiger partial charge in [-0.1, -0.05) is 19.4 Å². The molecule has 2 aromatic rings. The highest BCUT2D eigenvalue weighted by molar-refractivity contribution is 5.98. The number of benzene rings is 1. The van der Waals surface area contributed by atoms with Crippen molar-refractivity contribution in [1.29, 1.82) is 0 Å². The van der Waals surface area contributed by atoms with Crippen LogP contribution in [0.3, 0.4) is 0 Å². The number of nitrogens with zero attached hydrogens (tertiary/aromatic N) is 2. The summed E-state index contributed by atoms with van der Waals surface area (Å²) in [5.74, 6) is 0.0434. The molecule has 2 fully saturated rings. The van der Waals surface area contributed by atoms with Gasteiger partial charge in [0.1, 0.15) is 5.60 Å². The van der Waals surface area contributed by atoms with Gasteiger partial charge in [0.05, 0.1) is 6.54 Å². The van der Waals surface area contributed by atoms with Gasteiger partial charge in [-0.05, 0) is 36.9 Å². The van der Waals surface area contributed by atoms with Gasteiger partial charge in [0, 0.05) is 49.2 Å². The first-order valence-corrected chi connectivity index (χ1v) is 9.87. The smallest absolute Gasteiger partial charge is 0.410 e. The monoisotopic (exact) mass is 369 g/mol. The normalized spacial score (nSPS) is 20.3. The number of fused-ring (bicyclic) bond motifs is 1. The van der Waals surface area contributed by atoms with Crippen LogP contribution in [0.1, 0.15) is 49.9 Å². The van der Waals surface area contributed by atoms with Gasteiger partial charge in [0.15, 0.2) is 0 Å². The van der Waals surface area contributed by atoms with Gasteiger partial charge in [-0.15, -0.1) is 0 Å². The number of aromatic nitrogens is 1. The lowest BCUT2D eigenvalue weighted by Gasteiger charge is -2.37. The molecule has 6 nitrogen and oxygen atoms in total. The van der Waals surface area contributed by atoms with Crippen LogP contribution in [0.4, 0.5) is 4.79 Å². The summed E-state index contributed by atoms with van der Waals surface area (Å²) in [6.07, 6.45) is 5.11. The van der Waals surface area contributed by atoms with Gasteiger partial charge in [-0.2, -0.15) is 0 Å². The molecular formula is C21H27N3O3. The maximum atomic E-state index is 12.9. The average molecular weight is 369 g/mol. The third-order valence-corrected chi connectivity index (χ3v) is 6.00. The lowest BCUT2D eigenvalue weighted by atomic mass is 9.90. The highest BCUT2D eigenvalue weighted by atomic mass is 16.6. The topological polar surface area (TPSA) is 65.6 Å². The highest BCUT2D eigenvalue weighted by Gasteiger charge is 2.48. The van der Waals surface area contributed by atoms with Crippen molar-refractivity contribution >= 4 is 22.9 Å². The van der Waals surface area contributed by atoms with Gasteiger partial charge in [-0.25, -0.2) is 4.79 Å². The molecule has 4 rings (SSSR count). The number of ether oxygens (including phenoxy) is 1. The molecule has 2 aliphatic heterocycles. The Kier molecular flexibility index (Phi) is 4.58. The van der Waals surface area contributed by atoms with E-state index in [0.717, 1.165) is 23.7 Å². The number of likely N-dealkylation sites (tertiary alicyclic amines) is 1. The third kappa shape index (κ3) is 3.29. The van der Waals surface area contributed by atoms with Crippen LogP contribution in [0.25, 0.3) is 10.9 Å². The van der Waals surface area contributed by atoms with Crippen molar-refractivity contribution in [3.8, 4) is 0 Å². The van der Waals surface area contributed by atoms with E-state index in [-0.39, 0.29) is 18.0 Å². The Morgan fingerprint density at radius 1 is 1.30 bits per heavy atom.